The maximum absolute atomic E-state index is 12.6. The molecule has 5 heteroatoms. The van der Waals surface area contributed by atoms with Gasteiger partial charge in [-0.2, -0.15) is 13.2 Å². The van der Waals surface area contributed by atoms with Crippen LogP contribution in [0.1, 0.15) is 25.0 Å². The van der Waals surface area contributed by atoms with E-state index < -0.39 is 11.7 Å². The van der Waals surface area contributed by atoms with E-state index in [1.807, 2.05) is 12.3 Å². The molecule has 0 saturated heterocycles. The van der Waals surface area contributed by atoms with Crippen molar-refractivity contribution < 1.29 is 13.2 Å². The van der Waals surface area contributed by atoms with Gasteiger partial charge in [-0.15, -0.1) is 0 Å². The Morgan fingerprint density at radius 1 is 1.19 bits per heavy atom. The fourth-order valence-electron chi connectivity index (χ4n) is 2.25. The van der Waals surface area contributed by atoms with Crippen molar-refractivity contribution in [2.45, 2.75) is 26.1 Å². The smallest absolute Gasteiger partial charge is 0.370 e. The predicted octanol–water partition coefficient (Wildman–Crippen LogP) is 3.66. The lowest BCUT2D eigenvalue weighted by Crippen LogP contribution is -2.30. The number of hydrogen-bond acceptors (Lipinski definition) is 2. The second-order valence-electron chi connectivity index (χ2n) is 5.42. The predicted molar refractivity (Wildman–Crippen MR) is 78.4 cm³/mol. The maximum Gasteiger partial charge on any atom is 0.416 e. The number of rotatable bonds is 3. The molecule has 0 aliphatic carbocycles. The summed E-state index contributed by atoms with van der Waals surface area (Å²) in [7, 11) is 0. The summed E-state index contributed by atoms with van der Waals surface area (Å²) < 4.78 is 37.8. The first-order valence-electron chi connectivity index (χ1n) is 6.86. The van der Waals surface area contributed by atoms with E-state index in [0.717, 1.165) is 28.8 Å². The number of benzene rings is 1. The van der Waals surface area contributed by atoms with Gasteiger partial charge in [-0.1, -0.05) is 18.2 Å². The molecule has 1 aromatic rings. The Labute approximate surface area is 122 Å². The minimum atomic E-state index is -4.30. The van der Waals surface area contributed by atoms with Crippen LogP contribution in [0.15, 0.2) is 42.1 Å². The molecular formula is C16H19F3N2. The number of hydrogen-bond donors (Lipinski definition) is 1. The normalized spacial score (nSPS) is 16.0. The van der Waals surface area contributed by atoms with Crippen LogP contribution < -0.4 is 5.73 Å². The minimum Gasteiger partial charge on any atom is -0.370 e. The molecule has 1 aliphatic rings. The van der Waals surface area contributed by atoms with Crippen molar-refractivity contribution in [2.24, 2.45) is 5.73 Å². The van der Waals surface area contributed by atoms with Gasteiger partial charge in [0.05, 0.1) is 5.56 Å². The SMILES string of the molecule is CC(C)N1C=C(CN)C=C(c2ccc(C(F)(F)F)cc2)C1. The van der Waals surface area contributed by atoms with Gasteiger partial charge < -0.3 is 10.6 Å². The number of nitrogens with two attached hydrogens (primary N) is 1. The van der Waals surface area contributed by atoms with Crippen LogP contribution in [-0.4, -0.2) is 24.0 Å². The Morgan fingerprint density at radius 2 is 1.81 bits per heavy atom. The Kier molecular flexibility index (Phi) is 4.42. The molecule has 1 aliphatic heterocycles. The molecule has 0 amide bonds. The lowest BCUT2D eigenvalue weighted by molar-refractivity contribution is -0.137. The molecule has 2 nitrogen and oxygen atoms in total. The average molecular weight is 296 g/mol. The summed E-state index contributed by atoms with van der Waals surface area (Å²) in [5.74, 6) is 0. The molecule has 0 fully saturated rings. The lowest BCUT2D eigenvalue weighted by Gasteiger charge is -2.30. The summed E-state index contributed by atoms with van der Waals surface area (Å²) >= 11 is 0. The summed E-state index contributed by atoms with van der Waals surface area (Å²) in [5.41, 5.74) is 7.83. The van der Waals surface area contributed by atoms with Crippen LogP contribution in [-0.2, 0) is 6.18 Å². The van der Waals surface area contributed by atoms with Gasteiger partial charge in [-0.25, -0.2) is 0 Å². The maximum atomic E-state index is 12.6. The second-order valence-corrected chi connectivity index (χ2v) is 5.42. The van der Waals surface area contributed by atoms with E-state index >= 15 is 0 Å². The molecule has 2 N–H and O–H groups in total. The van der Waals surface area contributed by atoms with E-state index in [0.29, 0.717) is 19.1 Å². The largest absolute Gasteiger partial charge is 0.416 e. The van der Waals surface area contributed by atoms with Gasteiger partial charge >= 0.3 is 6.18 Å². The van der Waals surface area contributed by atoms with E-state index in [4.69, 9.17) is 5.73 Å². The van der Waals surface area contributed by atoms with Crippen molar-refractivity contribution in [3.8, 4) is 0 Å². The van der Waals surface area contributed by atoms with Crippen LogP contribution in [0.5, 0.6) is 0 Å². The quantitative estimate of drug-likeness (QED) is 0.922. The Hall–Kier alpha value is -1.75. The zero-order valence-corrected chi connectivity index (χ0v) is 12.1. The van der Waals surface area contributed by atoms with Crippen molar-refractivity contribution in [1.82, 2.24) is 4.90 Å². The van der Waals surface area contributed by atoms with Crippen molar-refractivity contribution in [2.75, 3.05) is 13.1 Å². The molecular weight excluding hydrogens is 277 g/mol. The van der Waals surface area contributed by atoms with Crippen molar-refractivity contribution in [3.05, 3.63) is 53.2 Å². The molecule has 1 aromatic carbocycles. The highest BCUT2D eigenvalue weighted by Crippen LogP contribution is 2.31. The van der Waals surface area contributed by atoms with Gasteiger partial charge in [-0.3, -0.25) is 0 Å². The summed E-state index contributed by atoms with van der Waals surface area (Å²) in [6.07, 6.45) is -0.328. The van der Waals surface area contributed by atoms with Crippen molar-refractivity contribution >= 4 is 5.57 Å². The molecule has 114 valence electrons. The van der Waals surface area contributed by atoms with E-state index in [2.05, 4.69) is 18.7 Å². The summed E-state index contributed by atoms with van der Waals surface area (Å²) in [5, 5.41) is 0. The van der Waals surface area contributed by atoms with Gasteiger partial charge in [0, 0.05) is 25.3 Å². The highest BCUT2D eigenvalue weighted by molar-refractivity contribution is 5.71. The fourth-order valence-corrected chi connectivity index (χ4v) is 2.25. The summed E-state index contributed by atoms with van der Waals surface area (Å²) in [6.45, 7) is 5.22. The molecule has 0 radical (unpaired) electrons. The summed E-state index contributed by atoms with van der Waals surface area (Å²) in [6, 6.07) is 5.59. The molecule has 1 heterocycles. The van der Waals surface area contributed by atoms with Gasteiger partial charge in [0.15, 0.2) is 0 Å². The third-order valence-electron chi connectivity index (χ3n) is 3.53. The first kappa shape index (κ1) is 15.6. The van der Waals surface area contributed by atoms with Crippen LogP contribution in [0.25, 0.3) is 5.57 Å². The molecule has 0 spiro atoms. The zero-order chi connectivity index (χ0) is 15.6. The summed E-state index contributed by atoms with van der Waals surface area (Å²) in [4.78, 5) is 2.13. The van der Waals surface area contributed by atoms with Crippen LogP contribution in [0.2, 0.25) is 0 Å². The molecule has 0 saturated carbocycles. The molecule has 0 atom stereocenters. The van der Waals surface area contributed by atoms with Crippen LogP contribution >= 0.6 is 0 Å². The van der Waals surface area contributed by atoms with E-state index in [-0.39, 0.29) is 0 Å². The average Bonchev–Trinajstić information content (AvgIpc) is 2.46. The van der Waals surface area contributed by atoms with Crippen molar-refractivity contribution in [3.63, 3.8) is 0 Å². The van der Waals surface area contributed by atoms with Gasteiger partial charge in [0.25, 0.3) is 0 Å². The van der Waals surface area contributed by atoms with E-state index in [1.54, 1.807) is 0 Å². The van der Waals surface area contributed by atoms with Crippen LogP contribution in [0, 0.1) is 0 Å². The zero-order valence-electron chi connectivity index (χ0n) is 12.1. The molecule has 0 aromatic heterocycles. The van der Waals surface area contributed by atoms with Crippen LogP contribution in [0.3, 0.4) is 0 Å². The second kappa shape index (κ2) is 5.93. The Balaban J connectivity index is 2.29. The monoisotopic (exact) mass is 296 g/mol. The fraction of sp³-hybridized carbons (Fsp3) is 0.375. The third kappa shape index (κ3) is 3.67. The molecule has 2 rings (SSSR count). The van der Waals surface area contributed by atoms with E-state index in [1.165, 1.54) is 12.1 Å². The minimum absolute atomic E-state index is 0.310. The highest BCUT2D eigenvalue weighted by Gasteiger charge is 2.30. The number of halogens is 3. The Bertz CT molecular complexity index is 554. The molecule has 0 unspecified atom stereocenters. The number of alkyl halides is 3. The first-order chi connectivity index (χ1) is 9.81. The number of nitrogens with zero attached hydrogens (tertiary/aromatic N) is 1. The van der Waals surface area contributed by atoms with Crippen LogP contribution in [0.4, 0.5) is 13.2 Å². The lowest BCUT2D eigenvalue weighted by atomic mass is 9.98. The molecule has 0 bridgehead atoms. The van der Waals surface area contributed by atoms with Gasteiger partial charge in [0.1, 0.15) is 0 Å². The van der Waals surface area contributed by atoms with E-state index in [9.17, 15) is 13.2 Å². The van der Waals surface area contributed by atoms with Gasteiger partial charge in [-0.05, 0) is 42.7 Å². The standard InChI is InChI=1S/C16H19F3N2/c1-11(2)21-9-12(8-20)7-14(10-21)13-3-5-15(6-4-13)16(17,18)19/h3-7,9,11H,8,10,20H2,1-2H3. The van der Waals surface area contributed by atoms with Crippen molar-refractivity contribution in [1.29, 1.82) is 0 Å². The first-order valence-corrected chi connectivity index (χ1v) is 6.86. The van der Waals surface area contributed by atoms with Gasteiger partial charge in [0.2, 0.25) is 0 Å². The highest BCUT2D eigenvalue weighted by atomic mass is 19.4. The topological polar surface area (TPSA) is 29.3 Å². The molecule has 21 heavy (non-hydrogen) atoms. The Morgan fingerprint density at radius 3 is 2.29 bits per heavy atom. The third-order valence-corrected chi connectivity index (χ3v) is 3.53.